The van der Waals surface area contributed by atoms with E-state index in [2.05, 4.69) is 20.9 Å². The number of carbonyl (C=O) groups is 1. The fraction of sp³-hybridized carbons (Fsp3) is 0.429. The maximum absolute atomic E-state index is 12.7. The SMILES string of the molecule is O=C1CC2C(CCS(=O)(=O)c3ccc(C(F)(F)F)nc3)C[C@@H]3c4c(Br)cccc4C123. The van der Waals surface area contributed by atoms with Gasteiger partial charge in [-0.05, 0) is 54.0 Å². The summed E-state index contributed by atoms with van der Waals surface area (Å²) in [6.07, 6.45) is -2.23. The second-order valence-electron chi connectivity index (χ2n) is 8.34. The minimum Gasteiger partial charge on any atom is -0.299 e. The molecule has 0 N–H and O–H groups in total. The zero-order valence-corrected chi connectivity index (χ0v) is 18.0. The fourth-order valence-corrected chi connectivity index (χ4v) is 7.76. The van der Waals surface area contributed by atoms with Gasteiger partial charge in [-0.25, -0.2) is 8.42 Å². The third kappa shape index (κ3) is 2.60. The number of benzene rings is 1. The lowest BCUT2D eigenvalue weighted by Gasteiger charge is -2.56. The first-order valence-electron chi connectivity index (χ1n) is 9.65. The number of halogens is 4. The van der Waals surface area contributed by atoms with Gasteiger partial charge in [0, 0.05) is 23.0 Å². The molecule has 1 aromatic carbocycles. The zero-order valence-electron chi connectivity index (χ0n) is 15.6. The predicted octanol–water partition coefficient (Wildman–Crippen LogP) is 4.67. The molecule has 0 aliphatic heterocycles. The molecule has 2 fully saturated rings. The molecule has 3 unspecified atom stereocenters. The monoisotopic (exact) mass is 499 g/mol. The largest absolute Gasteiger partial charge is 0.433 e. The fourth-order valence-electron chi connectivity index (χ4n) is 5.78. The van der Waals surface area contributed by atoms with Crippen molar-refractivity contribution in [2.45, 2.75) is 41.7 Å². The molecule has 0 bridgehead atoms. The van der Waals surface area contributed by atoms with Crippen LogP contribution in [0.25, 0.3) is 0 Å². The lowest BCUT2D eigenvalue weighted by molar-refractivity contribution is -0.141. The van der Waals surface area contributed by atoms with Crippen LogP contribution in [-0.2, 0) is 26.2 Å². The second kappa shape index (κ2) is 6.38. The summed E-state index contributed by atoms with van der Waals surface area (Å²) in [5.74, 6) is 0.410. The first-order valence-corrected chi connectivity index (χ1v) is 12.1. The Labute approximate surface area is 179 Å². The number of fused-ring (bicyclic) bond motifs is 2. The Morgan fingerprint density at radius 1 is 1.20 bits per heavy atom. The Morgan fingerprint density at radius 2 is 1.97 bits per heavy atom. The molecule has 1 spiro atoms. The van der Waals surface area contributed by atoms with Gasteiger partial charge in [-0.1, -0.05) is 28.1 Å². The van der Waals surface area contributed by atoms with Crippen LogP contribution in [0.5, 0.6) is 0 Å². The molecule has 0 amide bonds. The molecule has 1 heterocycles. The number of rotatable bonds is 4. The van der Waals surface area contributed by atoms with Gasteiger partial charge in [0.1, 0.15) is 11.5 Å². The predicted molar refractivity (Wildman–Crippen MR) is 106 cm³/mol. The van der Waals surface area contributed by atoms with Crippen LogP contribution in [0.1, 0.15) is 42.0 Å². The van der Waals surface area contributed by atoms with Crippen LogP contribution in [0.3, 0.4) is 0 Å². The van der Waals surface area contributed by atoms with Gasteiger partial charge in [-0.3, -0.25) is 9.78 Å². The van der Waals surface area contributed by atoms with Crippen molar-refractivity contribution in [3.05, 3.63) is 57.8 Å². The van der Waals surface area contributed by atoms with Crippen molar-refractivity contribution in [3.63, 3.8) is 0 Å². The van der Waals surface area contributed by atoms with E-state index in [4.69, 9.17) is 0 Å². The molecule has 0 saturated heterocycles. The molecule has 5 rings (SSSR count). The highest BCUT2D eigenvalue weighted by Crippen LogP contribution is 2.73. The zero-order chi connectivity index (χ0) is 21.5. The van der Waals surface area contributed by atoms with Crippen LogP contribution in [-0.4, -0.2) is 24.9 Å². The van der Waals surface area contributed by atoms with Crippen molar-refractivity contribution in [2.75, 3.05) is 5.75 Å². The highest BCUT2D eigenvalue weighted by atomic mass is 79.9. The Hall–Kier alpha value is -1.74. The summed E-state index contributed by atoms with van der Waals surface area (Å²) < 4.78 is 64.3. The summed E-state index contributed by atoms with van der Waals surface area (Å²) in [5, 5.41) is 0. The number of ketones is 1. The van der Waals surface area contributed by atoms with Gasteiger partial charge in [-0.15, -0.1) is 0 Å². The second-order valence-corrected chi connectivity index (χ2v) is 11.3. The molecule has 30 heavy (non-hydrogen) atoms. The average molecular weight is 500 g/mol. The standard InChI is InChI=1S/C21H17BrF3NO3S/c22-16-3-1-2-13-19(16)15-8-11(14-9-18(27)20(13,14)15)6-7-30(28,29)12-4-5-17(26-10-12)21(23,24)25/h1-5,10-11,14-15H,6-9H2/t11?,14?,15-,20?/m1/s1. The van der Waals surface area contributed by atoms with E-state index >= 15 is 0 Å². The van der Waals surface area contributed by atoms with Crippen LogP contribution < -0.4 is 0 Å². The number of nitrogens with zero attached hydrogens (tertiary/aromatic N) is 1. The van der Waals surface area contributed by atoms with E-state index in [-0.39, 0.29) is 34.2 Å². The van der Waals surface area contributed by atoms with E-state index < -0.39 is 27.1 Å². The minimum atomic E-state index is -4.61. The van der Waals surface area contributed by atoms with E-state index in [0.717, 1.165) is 34.3 Å². The van der Waals surface area contributed by atoms with Crippen molar-refractivity contribution in [1.29, 1.82) is 0 Å². The maximum atomic E-state index is 12.7. The molecule has 0 radical (unpaired) electrons. The molecular formula is C21H17BrF3NO3S. The highest BCUT2D eigenvalue weighted by Gasteiger charge is 2.72. The normalized spacial score (nSPS) is 29.5. The number of aromatic nitrogens is 1. The number of sulfone groups is 1. The number of hydrogen-bond donors (Lipinski definition) is 0. The molecule has 1 aromatic heterocycles. The lowest BCUT2D eigenvalue weighted by atomic mass is 9.45. The first-order chi connectivity index (χ1) is 14.1. The van der Waals surface area contributed by atoms with Crippen molar-refractivity contribution < 1.29 is 26.4 Å². The number of alkyl halides is 3. The summed E-state index contributed by atoms with van der Waals surface area (Å²) in [6.45, 7) is 0. The summed E-state index contributed by atoms with van der Waals surface area (Å²) >= 11 is 3.57. The highest BCUT2D eigenvalue weighted by molar-refractivity contribution is 9.10. The van der Waals surface area contributed by atoms with Crippen LogP contribution in [0.4, 0.5) is 13.2 Å². The Kier molecular flexibility index (Phi) is 4.29. The molecule has 158 valence electrons. The summed E-state index contributed by atoms with van der Waals surface area (Å²) in [6, 6.07) is 7.53. The molecule has 9 heteroatoms. The third-order valence-electron chi connectivity index (χ3n) is 7.10. The van der Waals surface area contributed by atoms with Crippen molar-refractivity contribution >= 4 is 31.6 Å². The molecular weight excluding hydrogens is 483 g/mol. The van der Waals surface area contributed by atoms with Crippen molar-refractivity contribution in [3.8, 4) is 0 Å². The van der Waals surface area contributed by atoms with E-state index in [1.54, 1.807) is 0 Å². The van der Waals surface area contributed by atoms with Crippen molar-refractivity contribution in [2.24, 2.45) is 11.8 Å². The lowest BCUT2D eigenvalue weighted by Crippen LogP contribution is -2.60. The van der Waals surface area contributed by atoms with Crippen LogP contribution in [0, 0.1) is 11.8 Å². The van der Waals surface area contributed by atoms with Gasteiger partial charge in [0.25, 0.3) is 0 Å². The number of hydrogen-bond acceptors (Lipinski definition) is 4. The van der Waals surface area contributed by atoms with Gasteiger partial charge >= 0.3 is 6.18 Å². The van der Waals surface area contributed by atoms with Crippen molar-refractivity contribution in [1.82, 2.24) is 4.98 Å². The number of Topliss-reactive ketones (excluding diaryl/α,β-unsaturated/α-hetero) is 1. The smallest absolute Gasteiger partial charge is 0.299 e. The van der Waals surface area contributed by atoms with E-state index in [1.807, 2.05) is 18.2 Å². The number of pyridine rings is 1. The van der Waals surface area contributed by atoms with Gasteiger partial charge < -0.3 is 0 Å². The minimum absolute atomic E-state index is 0.0872. The molecule has 4 atom stereocenters. The van der Waals surface area contributed by atoms with E-state index in [9.17, 15) is 26.4 Å². The first kappa shape index (κ1) is 20.2. The number of carbonyl (C=O) groups excluding carboxylic acids is 1. The average Bonchev–Trinajstić information content (AvgIpc) is 2.88. The summed E-state index contributed by atoms with van der Waals surface area (Å²) in [4.78, 5) is 15.7. The summed E-state index contributed by atoms with van der Waals surface area (Å²) in [7, 11) is -3.76. The van der Waals surface area contributed by atoms with Gasteiger partial charge in [0.05, 0.1) is 16.1 Å². The molecule has 2 aromatic rings. The van der Waals surface area contributed by atoms with Gasteiger partial charge in [0.15, 0.2) is 9.84 Å². The van der Waals surface area contributed by atoms with E-state index in [0.29, 0.717) is 18.9 Å². The van der Waals surface area contributed by atoms with Gasteiger partial charge in [0.2, 0.25) is 0 Å². The molecule has 2 saturated carbocycles. The maximum Gasteiger partial charge on any atom is 0.433 e. The molecule has 4 nitrogen and oxygen atoms in total. The third-order valence-corrected chi connectivity index (χ3v) is 9.52. The quantitative estimate of drug-likeness (QED) is 0.612. The molecule has 3 aliphatic carbocycles. The Bertz CT molecular complexity index is 1160. The molecule has 3 aliphatic rings. The Morgan fingerprint density at radius 3 is 2.60 bits per heavy atom. The topological polar surface area (TPSA) is 64.1 Å². The van der Waals surface area contributed by atoms with Crippen LogP contribution in [0.15, 0.2) is 45.9 Å². The van der Waals surface area contributed by atoms with Crippen LogP contribution >= 0.6 is 15.9 Å². The van der Waals surface area contributed by atoms with E-state index in [1.165, 1.54) is 0 Å². The van der Waals surface area contributed by atoms with Gasteiger partial charge in [-0.2, -0.15) is 13.2 Å². The summed E-state index contributed by atoms with van der Waals surface area (Å²) in [5.41, 5.74) is 0.657. The Balaban J connectivity index is 1.34. The van der Waals surface area contributed by atoms with Crippen LogP contribution in [0.2, 0.25) is 0 Å².